The first-order chi connectivity index (χ1) is 14.8. The third kappa shape index (κ3) is 4.95. The molecule has 1 aliphatic heterocycles. The number of nitrogens with zero attached hydrogens (tertiary/aromatic N) is 3. The Hall–Kier alpha value is -2.33. The number of benzene rings is 2. The van der Waals surface area contributed by atoms with Crippen molar-refractivity contribution >= 4 is 61.3 Å². The van der Waals surface area contributed by atoms with Crippen molar-refractivity contribution in [2.45, 2.75) is 4.90 Å². The Kier molecular flexibility index (Phi) is 6.38. The van der Waals surface area contributed by atoms with Crippen molar-refractivity contribution in [1.29, 1.82) is 0 Å². The maximum absolute atomic E-state index is 12.8. The first-order valence-corrected chi connectivity index (χ1v) is 12.5. The van der Waals surface area contributed by atoms with Crippen molar-refractivity contribution in [3.63, 3.8) is 0 Å². The molecule has 11 heteroatoms. The molecule has 0 spiro atoms. The second kappa shape index (κ2) is 9.04. The maximum atomic E-state index is 12.8. The quantitative estimate of drug-likeness (QED) is 0.571. The van der Waals surface area contributed by atoms with Crippen LogP contribution in [-0.2, 0) is 10.0 Å². The van der Waals surface area contributed by atoms with Gasteiger partial charge >= 0.3 is 0 Å². The van der Waals surface area contributed by atoms with Crippen molar-refractivity contribution < 1.29 is 13.2 Å². The molecule has 1 aliphatic rings. The number of aromatic nitrogens is 1. The lowest BCUT2D eigenvalue weighted by molar-refractivity contribution is 0.0747. The summed E-state index contributed by atoms with van der Waals surface area (Å²) in [6.07, 6.45) is 1.54. The van der Waals surface area contributed by atoms with Crippen molar-refractivity contribution in [2.75, 3.05) is 35.8 Å². The first-order valence-electron chi connectivity index (χ1n) is 9.35. The first kappa shape index (κ1) is 21.9. The Morgan fingerprint density at radius 3 is 2.35 bits per heavy atom. The molecule has 1 N–H and O–H groups in total. The van der Waals surface area contributed by atoms with Gasteiger partial charge in [0, 0.05) is 48.5 Å². The Bertz CT molecular complexity index is 1180. The van der Waals surface area contributed by atoms with Gasteiger partial charge in [-0.25, -0.2) is 13.4 Å². The van der Waals surface area contributed by atoms with Crippen LogP contribution in [0.2, 0.25) is 10.0 Å². The van der Waals surface area contributed by atoms with Gasteiger partial charge in [-0.1, -0.05) is 23.2 Å². The monoisotopic (exact) mass is 496 g/mol. The van der Waals surface area contributed by atoms with Crippen molar-refractivity contribution in [3.8, 4) is 0 Å². The summed E-state index contributed by atoms with van der Waals surface area (Å²) in [6.45, 7) is 2.31. The van der Waals surface area contributed by atoms with Crippen LogP contribution in [0.15, 0.2) is 58.9 Å². The summed E-state index contributed by atoms with van der Waals surface area (Å²) in [5.41, 5.74) is 1.33. The number of rotatable bonds is 5. The van der Waals surface area contributed by atoms with Gasteiger partial charge in [0.25, 0.3) is 15.9 Å². The van der Waals surface area contributed by atoms with E-state index < -0.39 is 10.0 Å². The van der Waals surface area contributed by atoms with Crippen molar-refractivity contribution in [3.05, 3.63) is 69.7 Å². The number of halogens is 2. The largest absolute Gasteiger partial charge is 0.368 e. The summed E-state index contributed by atoms with van der Waals surface area (Å²) in [6, 6.07) is 11.5. The molecule has 0 aliphatic carbocycles. The number of thiazole rings is 1. The fraction of sp³-hybridized carbons (Fsp3) is 0.200. The number of carbonyl (C=O) groups excluding carboxylic acids is 1. The molecule has 0 unspecified atom stereocenters. The normalized spacial score (nSPS) is 14.5. The molecule has 1 saturated heterocycles. The highest BCUT2D eigenvalue weighted by Gasteiger charge is 2.24. The molecule has 4 rings (SSSR count). The number of hydrogen-bond donors (Lipinski definition) is 1. The van der Waals surface area contributed by atoms with E-state index in [9.17, 15) is 13.2 Å². The van der Waals surface area contributed by atoms with E-state index in [4.69, 9.17) is 23.2 Å². The zero-order valence-corrected chi connectivity index (χ0v) is 19.3. The van der Waals surface area contributed by atoms with Gasteiger partial charge in [0.2, 0.25) is 0 Å². The fourth-order valence-corrected chi connectivity index (χ4v) is 5.56. The van der Waals surface area contributed by atoms with Crippen LogP contribution in [0.1, 0.15) is 10.4 Å². The van der Waals surface area contributed by atoms with Gasteiger partial charge in [-0.3, -0.25) is 9.52 Å². The van der Waals surface area contributed by atoms with Gasteiger partial charge in [-0.15, -0.1) is 11.3 Å². The van der Waals surface area contributed by atoms with Gasteiger partial charge in [-0.2, -0.15) is 0 Å². The number of hydrogen-bond acceptors (Lipinski definition) is 6. The maximum Gasteiger partial charge on any atom is 0.263 e. The van der Waals surface area contributed by atoms with E-state index in [1.807, 2.05) is 0 Å². The number of carbonyl (C=O) groups is 1. The summed E-state index contributed by atoms with van der Waals surface area (Å²) in [4.78, 5) is 20.7. The van der Waals surface area contributed by atoms with Gasteiger partial charge < -0.3 is 9.80 Å². The summed E-state index contributed by atoms with van der Waals surface area (Å²) >= 11 is 13.3. The predicted molar refractivity (Wildman–Crippen MR) is 124 cm³/mol. The third-order valence-corrected chi connectivity index (χ3v) is 7.61. The molecule has 1 fully saturated rings. The van der Waals surface area contributed by atoms with Gasteiger partial charge in [-0.05, 0) is 42.5 Å². The number of sulfonamides is 1. The minimum absolute atomic E-state index is 0.129. The van der Waals surface area contributed by atoms with Crippen LogP contribution >= 0.6 is 34.5 Å². The van der Waals surface area contributed by atoms with Crippen LogP contribution in [0.25, 0.3) is 0 Å². The molecule has 1 aromatic heterocycles. The minimum atomic E-state index is -3.68. The average molecular weight is 497 g/mol. The lowest BCUT2D eigenvalue weighted by Gasteiger charge is -2.36. The van der Waals surface area contributed by atoms with Crippen LogP contribution in [0, 0.1) is 0 Å². The van der Waals surface area contributed by atoms with Crippen LogP contribution in [-0.4, -0.2) is 50.4 Å². The number of piperazine rings is 1. The molecular formula is C20H18Cl2N4O3S2. The van der Waals surface area contributed by atoms with Crippen LogP contribution in [0.5, 0.6) is 0 Å². The zero-order valence-electron chi connectivity index (χ0n) is 16.2. The predicted octanol–water partition coefficient (Wildman–Crippen LogP) is 4.21. The molecule has 31 heavy (non-hydrogen) atoms. The summed E-state index contributed by atoms with van der Waals surface area (Å²) in [5, 5.41) is 2.85. The Morgan fingerprint density at radius 1 is 1.03 bits per heavy atom. The van der Waals surface area contributed by atoms with Crippen molar-refractivity contribution in [2.24, 2.45) is 0 Å². The average Bonchev–Trinajstić information content (AvgIpc) is 3.26. The highest BCUT2D eigenvalue weighted by Crippen LogP contribution is 2.25. The molecule has 1 amide bonds. The highest BCUT2D eigenvalue weighted by atomic mass is 35.5. The van der Waals surface area contributed by atoms with E-state index in [0.29, 0.717) is 46.9 Å². The van der Waals surface area contributed by atoms with E-state index in [2.05, 4.69) is 14.6 Å². The zero-order chi connectivity index (χ0) is 22.0. The molecule has 3 aromatic rings. The molecule has 0 atom stereocenters. The van der Waals surface area contributed by atoms with Gasteiger partial charge in [0.15, 0.2) is 5.13 Å². The summed E-state index contributed by atoms with van der Waals surface area (Å²) in [7, 11) is -3.68. The second-order valence-corrected chi connectivity index (χ2v) is 10.3. The van der Waals surface area contributed by atoms with E-state index in [-0.39, 0.29) is 10.8 Å². The van der Waals surface area contributed by atoms with Gasteiger partial charge in [0.1, 0.15) is 0 Å². The van der Waals surface area contributed by atoms with E-state index in [1.165, 1.54) is 17.5 Å². The Balaban J connectivity index is 1.39. The topological polar surface area (TPSA) is 82.6 Å². The van der Waals surface area contributed by atoms with Crippen LogP contribution in [0.4, 0.5) is 10.8 Å². The molecule has 0 radical (unpaired) electrons. The molecular weight excluding hydrogens is 479 g/mol. The molecule has 162 valence electrons. The lowest BCUT2D eigenvalue weighted by Crippen LogP contribution is -2.48. The van der Waals surface area contributed by atoms with E-state index in [0.717, 1.165) is 5.69 Å². The number of nitrogens with one attached hydrogen (secondary N) is 1. The van der Waals surface area contributed by atoms with Gasteiger partial charge in [0.05, 0.1) is 15.5 Å². The summed E-state index contributed by atoms with van der Waals surface area (Å²) < 4.78 is 27.4. The fourth-order valence-electron chi connectivity index (χ4n) is 3.28. The third-order valence-electron chi connectivity index (χ3n) is 4.89. The van der Waals surface area contributed by atoms with E-state index in [1.54, 1.807) is 52.7 Å². The molecule has 0 saturated carbocycles. The van der Waals surface area contributed by atoms with E-state index >= 15 is 0 Å². The molecule has 2 aromatic carbocycles. The van der Waals surface area contributed by atoms with Crippen LogP contribution in [0.3, 0.4) is 0 Å². The molecule has 7 nitrogen and oxygen atoms in total. The van der Waals surface area contributed by atoms with Crippen LogP contribution < -0.4 is 9.62 Å². The second-order valence-electron chi connectivity index (χ2n) is 6.84. The lowest BCUT2D eigenvalue weighted by atomic mass is 10.1. The minimum Gasteiger partial charge on any atom is -0.368 e. The number of anilines is 2. The Labute approximate surface area is 194 Å². The smallest absolute Gasteiger partial charge is 0.263 e. The Morgan fingerprint density at radius 2 is 1.74 bits per heavy atom. The van der Waals surface area contributed by atoms with Crippen molar-refractivity contribution in [1.82, 2.24) is 9.88 Å². The molecule has 2 heterocycles. The summed E-state index contributed by atoms with van der Waals surface area (Å²) in [5.74, 6) is -0.129. The number of amides is 1. The standard InChI is InChI=1S/C20H18Cl2N4O3S2/c21-14-1-6-17(18(22)13-14)19(27)26-10-8-25(9-11-26)15-2-4-16(5-3-15)31(28,29)24-20-23-7-12-30-20/h1-7,12-13H,8-11H2,(H,23,24). The highest BCUT2D eigenvalue weighted by molar-refractivity contribution is 7.93. The SMILES string of the molecule is O=C(c1ccc(Cl)cc1Cl)N1CCN(c2ccc(S(=O)(=O)Nc3nccs3)cc2)CC1. The molecule has 0 bridgehead atoms.